The second-order valence-electron chi connectivity index (χ2n) is 3.77. The minimum atomic E-state index is -0.461. The van der Waals surface area contributed by atoms with Gasteiger partial charge in [-0.25, -0.2) is 0 Å². The number of aliphatic hydroxyl groups is 1. The second kappa shape index (κ2) is 4.22. The Hall–Kier alpha value is -0.380. The van der Waals surface area contributed by atoms with E-state index >= 15 is 0 Å². The van der Waals surface area contributed by atoms with Crippen molar-refractivity contribution in [2.24, 2.45) is 0 Å². The molecule has 0 saturated carbocycles. The fourth-order valence-electron chi connectivity index (χ4n) is 1.56. The van der Waals surface area contributed by atoms with Crippen LogP contribution in [0.2, 0.25) is 0 Å². The minimum Gasteiger partial charge on any atom is -0.392 e. The van der Waals surface area contributed by atoms with Crippen LogP contribution in [0.1, 0.15) is 27.2 Å². The predicted octanol–water partition coefficient (Wildman–Crippen LogP) is 1.46. The van der Waals surface area contributed by atoms with Crippen LogP contribution < -0.4 is 0 Å². The summed E-state index contributed by atoms with van der Waals surface area (Å²) in [4.78, 5) is 0. The molecule has 0 aliphatic carbocycles. The van der Waals surface area contributed by atoms with Gasteiger partial charge in [-0.05, 0) is 27.2 Å². The first-order valence-corrected chi connectivity index (χ1v) is 4.66. The normalized spacial score (nSPS) is 32.9. The summed E-state index contributed by atoms with van der Waals surface area (Å²) in [6.45, 7) is 5.93. The first kappa shape index (κ1) is 10.7. The first-order valence-electron chi connectivity index (χ1n) is 4.66. The molecular formula is C10H18O3. The molecule has 1 aliphatic rings. The third kappa shape index (κ3) is 3.10. The fourth-order valence-corrected chi connectivity index (χ4v) is 1.56. The molecule has 0 aromatic rings. The third-order valence-corrected chi connectivity index (χ3v) is 2.07. The molecule has 0 spiro atoms. The van der Waals surface area contributed by atoms with Gasteiger partial charge in [0.2, 0.25) is 0 Å². The number of hydrogen-bond acceptors (Lipinski definition) is 3. The van der Waals surface area contributed by atoms with Crippen molar-refractivity contribution in [2.45, 2.75) is 45.2 Å². The zero-order valence-corrected chi connectivity index (χ0v) is 8.49. The van der Waals surface area contributed by atoms with Crippen LogP contribution in [-0.4, -0.2) is 29.7 Å². The lowest BCUT2D eigenvalue weighted by atomic mass is 10.1. The van der Waals surface area contributed by atoms with Crippen LogP contribution in [-0.2, 0) is 9.47 Å². The molecule has 1 fully saturated rings. The van der Waals surface area contributed by atoms with E-state index < -0.39 is 5.79 Å². The molecular weight excluding hydrogens is 168 g/mol. The van der Waals surface area contributed by atoms with Crippen LogP contribution >= 0.6 is 0 Å². The van der Waals surface area contributed by atoms with Crippen LogP contribution in [0, 0.1) is 0 Å². The number of aliphatic hydroxyl groups excluding tert-OH is 1. The zero-order valence-electron chi connectivity index (χ0n) is 8.49. The summed E-state index contributed by atoms with van der Waals surface area (Å²) in [6, 6.07) is 0. The number of hydrogen-bond donors (Lipinski definition) is 1. The highest BCUT2D eigenvalue weighted by atomic mass is 16.7. The SMILES string of the molecule is C[C@@H]1OC(C)(C)O[C@H]1C/C=C/CO. The smallest absolute Gasteiger partial charge is 0.163 e. The van der Waals surface area contributed by atoms with E-state index in [1.165, 1.54) is 0 Å². The van der Waals surface area contributed by atoms with Gasteiger partial charge in [0.25, 0.3) is 0 Å². The average Bonchev–Trinajstić information content (AvgIpc) is 2.25. The Morgan fingerprint density at radius 1 is 1.31 bits per heavy atom. The van der Waals surface area contributed by atoms with E-state index in [0.717, 1.165) is 6.42 Å². The molecule has 0 aromatic carbocycles. The van der Waals surface area contributed by atoms with Crippen LogP contribution in [0.25, 0.3) is 0 Å². The lowest BCUT2D eigenvalue weighted by Gasteiger charge is -2.16. The Balaban J connectivity index is 2.39. The minimum absolute atomic E-state index is 0.0886. The van der Waals surface area contributed by atoms with Crippen molar-refractivity contribution in [3.05, 3.63) is 12.2 Å². The lowest BCUT2D eigenvalue weighted by Crippen LogP contribution is -2.21. The van der Waals surface area contributed by atoms with Gasteiger partial charge in [0.1, 0.15) is 0 Å². The monoisotopic (exact) mass is 186 g/mol. The molecule has 3 heteroatoms. The van der Waals surface area contributed by atoms with Gasteiger partial charge in [-0.3, -0.25) is 0 Å². The van der Waals surface area contributed by atoms with Crippen molar-refractivity contribution in [2.75, 3.05) is 6.61 Å². The topological polar surface area (TPSA) is 38.7 Å². The maximum atomic E-state index is 8.55. The third-order valence-electron chi connectivity index (χ3n) is 2.07. The lowest BCUT2D eigenvalue weighted by molar-refractivity contribution is -0.144. The van der Waals surface area contributed by atoms with E-state index in [9.17, 15) is 0 Å². The molecule has 0 radical (unpaired) electrons. The van der Waals surface area contributed by atoms with Gasteiger partial charge >= 0.3 is 0 Å². The molecule has 1 heterocycles. The Kier molecular flexibility index (Phi) is 3.47. The summed E-state index contributed by atoms with van der Waals surface area (Å²) < 4.78 is 11.2. The fraction of sp³-hybridized carbons (Fsp3) is 0.800. The zero-order chi connectivity index (χ0) is 9.90. The van der Waals surface area contributed by atoms with Crippen molar-refractivity contribution in [3.8, 4) is 0 Å². The highest BCUT2D eigenvalue weighted by Crippen LogP contribution is 2.29. The molecule has 0 aromatic heterocycles. The van der Waals surface area contributed by atoms with Gasteiger partial charge in [-0.2, -0.15) is 0 Å². The standard InChI is InChI=1S/C10H18O3/c1-8-9(6-4-5-7-11)13-10(2,3)12-8/h4-5,8-9,11H,6-7H2,1-3H3/b5-4+/t8-,9-/m0/s1. The predicted molar refractivity (Wildman–Crippen MR) is 50.3 cm³/mol. The summed E-state index contributed by atoms with van der Waals surface area (Å²) in [6.07, 6.45) is 4.68. The average molecular weight is 186 g/mol. The van der Waals surface area contributed by atoms with Crippen LogP contribution in [0.5, 0.6) is 0 Å². The van der Waals surface area contributed by atoms with Gasteiger partial charge < -0.3 is 14.6 Å². The summed E-state index contributed by atoms with van der Waals surface area (Å²) >= 11 is 0. The van der Waals surface area contributed by atoms with Gasteiger partial charge in [-0.15, -0.1) is 0 Å². The van der Waals surface area contributed by atoms with E-state index in [-0.39, 0.29) is 18.8 Å². The second-order valence-corrected chi connectivity index (χ2v) is 3.77. The molecule has 1 rings (SSSR count). The van der Waals surface area contributed by atoms with E-state index in [1.807, 2.05) is 26.8 Å². The summed E-state index contributed by atoms with van der Waals surface area (Å²) in [7, 11) is 0. The molecule has 0 bridgehead atoms. The van der Waals surface area contributed by atoms with Gasteiger partial charge in [0.15, 0.2) is 5.79 Å². The first-order chi connectivity index (χ1) is 6.05. The molecule has 1 aliphatic heterocycles. The summed E-state index contributed by atoms with van der Waals surface area (Å²) in [5.41, 5.74) is 0. The quantitative estimate of drug-likeness (QED) is 0.678. The van der Waals surface area contributed by atoms with E-state index in [4.69, 9.17) is 14.6 Å². The molecule has 1 N–H and O–H groups in total. The molecule has 3 nitrogen and oxygen atoms in total. The Morgan fingerprint density at radius 2 is 2.00 bits per heavy atom. The van der Waals surface area contributed by atoms with Gasteiger partial charge in [0.05, 0.1) is 18.8 Å². The van der Waals surface area contributed by atoms with E-state index in [1.54, 1.807) is 6.08 Å². The Labute approximate surface area is 79.3 Å². The maximum absolute atomic E-state index is 8.55. The Morgan fingerprint density at radius 3 is 2.46 bits per heavy atom. The van der Waals surface area contributed by atoms with Crippen LogP contribution in [0.15, 0.2) is 12.2 Å². The number of rotatable bonds is 3. The molecule has 76 valence electrons. The van der Waals surface area contributed by atoms with Crippen LogP contribution in [0.3, 0.4) is 0 Å². The van der Waals surface area contributed by atoms with Crippen molar-refractivity contribution < 1.29 is 14.6 Å². The highest BCUT2D eigenvalue weighted by Gasteiger charge is 2.37. The summed E-state index contributed by atoms with van der Waals surface area (Å²) in [5, 5.41) is 8.55. The molecule has 0 amide bonds. The van der Waals surface area contributed by atoms with Crippen molar-refractivity contribution in [1.29, 1.82) is 0 Å². The molecule has 0 unspecified atom stereocenters. The van der Waals surface area contributed by atoms with Crippen molar-refractivity contribution in [3.63, 3.8) is 0 Å². The highest BCUT2D eigenvalue weighted by molar-refractivity contribution is 4.89. The maximum Gasteiger partial charge on any atom is 0.163 e. The van der Waals surface area contributed by atoms with E-state index in [2.05, 4.69) is 0 Å². The molecule has 13 heavy (non-hydrogen) atoms. The summed E-state index contributed by atoms with van der Waals surface area (Å²) in [5.74, 6) is -0.461. The van der Waals surface area contributed by atoms with Crippen molar-refractivity contribution >= 4 is 0 Å². The van der Waals surface area contributed by atoms with Crippen molar-refractivity contribution in [1.82, 2.24) is 0 Å². The Bertz CT molecular complexity index is 187. The van der Waals surface area contributed by atoms with Gasteiger partial charge in [0, 0.05) is 0 Å². The van der Waals surface area contributed by atoms with Gasteiger partial charge in [-0.1, -0.05) is 12.2 Å². The van der Waals surface area contributed by atoms with E-state index in [0.29, 0.717) is 0 Å². The number of ether oxygens (including phenoxy) is 2. The molecule has 2 atom stereocenters. The van der Waals surface area contributed by atoms with Crippen LogP contribution in [0.4, 0.5) is 0 Å². The molecule has 1 saturated heterocycles. The largest absolute Gasteiger partial charge is 0.392 e.